The van der Waals surface area contributed by atoms with Gasteiger partial charge in [-0.25, -0.2) is 4.57 Å². The minimum atomic E-state index is -4.29. The second-order valence-corrected chi connectivity index (χ2v) is 11.5. The number of phosphoric ester groups is 1. The van der Waals surface area contributed by atoms with Crippen LogP contribution in [-0.4, -0.2) is 73.4 Å². The molecule has 206 valence electrons. The van der Waals surface area contributed by atoms with Crippen molar-refractivity contribution in [3.8, 4) is 0 Å². The average molecular weight is 520 g/mol. The number of amides is 1. The van der Waals surface area contributed by atoms with E-state index in [0.717, 1.165) is 51.4 Å². The molecule has 3 atom stereocenters. The highest BCUT2D eigenvalue weighted by Gasteiger charge is 2.27. The van der Waals surface area contributed by atoms with E-state index in [9.17, 15) is 19.4 Å². The summed E-state index contributed by atoms with van der Waals surface area (Å²) in [5, 5.41) is 13.3. The normalized spacial score (nSPS) is 16.0. The summed E-state index contributed by atoms with van der Waals surface area (Å²) in [5.41, 5.74) is 0. The summed E-state index contributed by atoms with van der Waals surface area (Å²) in [7, 11) is 1.55. The van der Waals surface area contributed by atoms with Gasteiger partial charge in [-0.3, -0.25) is 13.8 Å². The van der Waals surface area contributed by atoms with Crippen molar-refractivity contribution in [2.45, 2.75) is 96.6 Å². The molecule has 0 fully saturated rings. The Morgan fingerprint density at radius 3 is 2.20 bits per heavy atom. The number of quaternary nitrogens is 1. The van der Waals surface area contributed by atoms with Crippen molar-refractivity contribution < 1.29 is 32.9 Å². The third-order valence-corrected chi connectivity index (χ3v) is 6.36. The summed E-state index contributed by atoms with van der Waals surface area (Å²) >= 11 is 0. The molecule has 0 aromatic carbocycles. The summed E-state index contributed by atoms with van der Waals surface area (Å²) in [6.45, 7) is 4.47. The van der Waals surface area contributed by atoms with E-state index in [1.807, 2.05) is 34.1 Å². The maximum atomic E-state index is 12.5. The first-order chi connectivity index (χ1) is 16.5. The lowest BCUT2D eigenvalue weighted by Gasteiger charge is -2.25. The van der Waals surface area contributed by atoms with Gasteiger partial charge in [0.2, 0.25) is 5.91 Å². The van der Waals surface area contributed by atoms with E-state index in [1.165, 1.54) is 12.8 Å². The molecule has 0 aliphatic heterocycles. The number of carbonyl (C=O) groups is 1. The predicted molar refractivity (Wildman–Crippen MR) is 143 cm³/mol. The zero-order chi connectivity index (χ0) is 26.6. The Morgan fingerprint density at radius 2 is 1.54 bits per heavy atom. The molecule has 3 unspecified atom stereocenters. The summed E-state index contributed by atoms with van der Waals surface area (Å²) in [6.07, 6.45) is 17.5. The number of nitrogens with one attached hydrogen (secondary N) is 1. The van der Waals surface area contributed by atoms with Crippen LogP contribution in [-0.2, 0) is 18.4 Å². The highest BCUT2D eigenvalue weighted by atomic mass is 31.2. The monoisotopic (exact) mass is 519 g/mol. The topological polar surface area (TPSA) is 105 Å². The van der Waals surface area contributed by atoms with E-state index in [4.69, 9.17) is 9.05 Å². The summed E-state index contributed by atoms with van der Waals surface area (Å²) in [6, 6.07) is -0.840. The van der Waals surface area contributed by atoms with Crippen LogP contribution in [0.5, 0.6) is 0 Å². The van der Waals surface area contributed by atoms with Crippen LogP contribution in [0.4, 0.5) is 0 Å². The van der Waals surface area contributed by atoms with Gasteiger partial charge in [0.05, 0.1) is 39.9 Å². The highest BCUT2D eigenvalue weighted by Crippen LogP contribution is 2.43. The fourth-order valence-electron chi connectivity index (χ4n) is 3.16. The van der Waals surface area contributed by atoms with Crippen molar-refractivity contribution in [3.63, 3.8) is 0 Å². The fourth-order valence-corrected chi connectivity index (χ4v) is 3.90. The summed E-state index contributed by atoms with van der Waals surface area (Å²) < 4.78 is 23.0. The van der Waals surface area contributed by atoms with Crippen LogP contribution in [0.1, 0.15) is 84.5 Å². The minimum absolute atomic E-state index is 0.0578. The molecule has 0 aromatic rings. The van der Waals surface area contributed by atoms with Gasteiger partial charge in [-0.1, -0.05) is 70.3 Å². The predicted octanol–water partition coefficient (Wildman–Crippen LogP) is 5.12. The van der Waals surface area contributed by atoms with Crippen molar-refractivity contribution in [2.75, 3.05) is 40.9 Å². The minimum Gasteiger partial charge on any atom is -0.387 e. The molecule has 0 heterocycles. The lowest BCUT2D eigenvalue weighted by molar-refractivity contribution is -0.870. The van der Waals surface area contributed by atoms with Gasteiger partial charge < -0.3 is 19.8 Å². The highest BCUT2D eigenvalue weighted by molar-refractivity contribution is 7.47. The molecule has 0 aromatic heterocycles. The Hall–Kier alpha value is -1.02. The number of likely N-dealkylation sites (N-methyl/N-ethyl adjacent to an activating group) is 1. The number of carbonyl (C=O) groups excluding carboxylic acids is 1. The number of nitrogens with zero attached hydrogens (tertiary/aromatic N) is 1. The van der Waals surface area contributed by atoms with Crippen molar-refractivity contribution in [3.05, 3.63) is 24.3 Å². The molecule has 0 saturated heterocycles. The first kappa shape index (κ1) is 34.0. The molecular weight excluding hydrogens is 467 g/mol. The molecule has 0 aliphatic carbocycles. The Bertz CT molecular complexity index is 648. The van der Waals surface area contributed by atoms with Crippen LogP contribution in [0.15, 0.2) is 24.3 Å². The molecule has 1 amide bonds. The summed E-state index contributed by atoms with van der Waals surface area (Å²) in [5.74, 6) is -0.206. The lowest BCUT2D eigenvalue weighted by atomic mass is 10.1. The van der Waals surface area contributed by atoms with Crippen molar-refractivity contribution in [2.24, 2.45) is 0 Å². The molecule has 0 radical (unpaired) electrons. The number of phosphoric acid groups is 1. The van der Waals surface area contributed by atoms with E-state index < -0.39 is 20.0 Å². The number of allylic oxidation sites excluding steroid dienone is 3. The van der Waals surface area contributed by atoms with Gasteiger partial charge in [0, 0.05) is 6.42 Å². The van der Waals surface area contributed by atoms with E-state index in [2.05, 4.69) is 24.4 Å². The fraction of sp³-hybridized carbons (Fsp3) is 0.808. The molecule has 0 bridgehead atoms. The number of rotatable bonds is 22. The molecule has 35 heavy (non-hydrogen) atoms. The first-order valence-corrected chi connectivity index (χ1v) is 14.7. The summed E-state index contributed by atoms with van der Waals surface area (Å²) in [4.78, 5) is 22.4. The van der Waals surface area contributed by atoms with Crippen LogP contribution in [0.3, 0.4) is 0 Å². The molecular formula is C26H52N2O6P+. The molecule has 0 spiro atoms. The van der Waals surface area contributed by atoms with E-state index in [-0.39, 0.29) is 19.1 Å². The number of hydrogen-bond donors (Lipinski definition) is 3. The van der Waals surface area contributed by atoms with Gasteiger partial charge in [-0.15, -0.1) is 0 Å². The Morgan fingerprint density at radius 1 is 0.943 bits per heavy atom. The van der Waals surface area contributed by atoms with Crippen LogP contribution in [0.2, 0.25) is 0 Å². The SMILES string of the molecule is CCC/C=C\CCCCCCCC(=O)NC(COP(=O)(O)OCC[N+](C)(C)C)C(O)/C=C/CCC. The quantitative estimate of drug-likeness (QED) is 0.0794. The largest absolute Gasteiger partial charge is 0.472 e. The van der Waals surface area contributed by atoms with Crippen LogP contribution >= 0.6 is 7.82 Å². The van der Waals surface area contributed by atoms with E-state index in [1.54, 1.807) is 6.08 Å². The van der Waals surface area contributed by atoms with Gasteiger partial charge >= 0.3 is 7.82 Å². The molecule has 3 N–H and O–H groups in total. The number of hydrogen-bond acceptors (Lipinski definition) is 5. The maximum absolute atomic E-state index is 12.5. The second-order valence-electron chi connectivity index (χ2n) is 10.1. The number of aliphatic hydroxyl groups is 1. The molecule has 0 saturated carbocycles. The van der Waals surface area contributed by atoms with E-state index >= 15 is 0 Å². The van der Waals surface area contributed by atoms with Crippen molar-refractivity contribution in [1.29, 1.82) is 0 Å². The maximum Gasteiger partial charge on any atom is 0.472 e. The molecule has 9 heteroatoms. The molecule has 8 nitrogen and oxygen atoms in total. The average Bonchev–Trinajstić information content (AvgIpc) is 2.77. The third-order valence-electron chi connectivity index (χ3n) is 5.38. The van der Waals surface area contributed by atoms with Crippen molar-refractivity contribution in [1.82, 2.24) is 5.32 Å². The van der Waals surface area contributed by atoms with Gasteiger partial charge in [-0.2, -0.15) is 0 Å². The first-order valence-electron chi connectivity index (χ1n) is 13.2. The zero-order valence-electron chi connectivity index (χ0n) is 22.8. The van der Waals surface area contributed by atoms with Crippen LogP contribution in [0.25, 0.3) is 0 Å². The van der Waals surface area contributed by atoms with E-state index in [0.29, 0.717) is 17.4 Å². The van der Waals surface area contributed by atoms with Gasteiger partial charge in [0.15, 0.2) is 0 Å². The zero-order valence-corrected chi connectivity index (χ0v) is 23.7. The number of unbranched alkanes of at least 4 members (excludes halogenated alkanes) is 7. The van der Waals surface area contributed by atoms with Gasteiger partial charge in [0.1, 0.15) is 13.2 Å². The Balaban J connectivity index is 4.53. The second kappa shape index (κ2) is 20.1. The molecule has 0 rings (SSSR count). The number of aliphatic hydroxyl groups excluding tert-OH is 1. The smallest absolute Gasteiger partial charge is 0.387 e. The van der Waals surface area contributed by atoms with Crippen LogP contribution < -0.4 is 5.32 Å². The van der Waals surface area contributed by atoms with Gasteiger partial charge in [0.25, 0.3) is 0 Å². The Labute approximate surface area is 214 Å². The van der Waals surface area contributed by atoms with Crippen LogP contribution in [0, 0.1) is 0 Å². The van der Waals surface area contributed by atoms with Crippen molar-refractivity contribution >= 4 is 13.7 Å². The lowest BCUT2D eigenvalue weighted by Crippen LogP contribution is -2.45. The standard InChI is InChI=1S/C26H51N2O6P/c1-6-8-10-11-12-13-14-15-16-18-20-26(30)27-24(25(29)19-17-9-7-2)23-34-35(31,32)33-22-21-28(3,4)5/h10-11,17,19,24-25,29H,6-9,12-16,18,20-23H2,1-5H3,(H-,27,30,31,32)/p+1/b11-10-,19-17+. The van der Waals surface area contributed by atoms with Gasteiger partial charge in [-0.05, 0) is 32.1 Å². The Kier molecular flexibility index (Phi) is 19.5. The third kappa shape index (κ3) is 21.9. The molecule has 0 aliphatic rings.